The molecule has 1 unspecified atom stereocenters. The highest BCUT2D eigenvalue weighted by molar-refractivity contribution is 5.88. The van der Waals surface area contributed by atoms with Crippen molar-refractivity contribution in [1.29, 1.82) is 0 Å². The van der Waals surface area contributed by atoms with Crippen molar-refractivity contribution in [3.63, 3.8) is 0 Å². The van der Waals surface area contributed by atoms with E-state index >= 15 is 0 Å². The van der Waals surface area contributed by atoms with Crippen LogP contribution >= 0.6 is 0 Å². The number of nitrogens with one attached hydrogen (secondary N) is 2. The highest BCUT2D eigenvalue weighted by atomic mass is 19.1. The van der Waals surface area contributed by atoms with E-state index in [2.05, 4.69) is 22.8 Å². The SMILES string of the molecule is O=C(CC1C(=O)NCCN1Cc1ccccc1F)NCC1(c2ccccc2)CCCC1. The second kappa shape index (κ2) is 9.60. The maximum Gasteiger partial charge on any atom is 0.237 e. The molecule has 0 spiro atoms. The van der Waals surface area contributed by atoms with Crippen LogP contribution in [0.3, 0.4) is 0 Å². The minimum absolute atomic E-state index is 0.0292. The standard InChI is InChI=1S/C25H30FN3O2/c26-21-11-5-4-8-19(21)17-29-15-14-27-24(31)22(29)16-23(30)28-18-25(12-6-7-13-25)20-9-2-1-3-10-20/h1-5,8-11,22H,6-7,12-18H2,(H,27,31)(H,28,30). The normalized spacial score (nSPS) is 20.9. The smallest absolute Gasteiger partial charge is 0.237 e. The van der Waals surface area contributed by atoms with Gasteiger partial charge in [-0.05, 0) is 24.5 Å². The predicted molar refractivity (Wildman–Crippen MR) is 118 cm³/mol. The summed E-state index contributed by atoms with van der Waals surface area (Å²) in [5.41, 5.74) is 1.78. The topological polar surface area (TPSA) is 61.4 Å². The van der Waals surface area contributed by atoms with Gasteiger partial charge in [-0.15, -0.1) is 0 Å². The molecule has 1 saturated carbocycles. The molecule has 0 radical (unpaired) electrons. The summed E-state index contributed by atoms with van der Waals surface area (Å²) in [5, 5.41) is 5.95. The van der Waals surface area contributed by atoms with Crippen LogP contribution < -0.4 is 10.6 Å². The second-order valence-electron chi connectivity index (χ2n) is 8.70. The summed E-state index contributed by atoms with van der Waals surface area (Å²) < 4.78 is 14.1. The van der Waals surface area contributed by atoms with Gasteiger partial charge in [-0.2, -0.15) is 0 Å². The summed E-state index contributed by atoms with van der Waals surface area (Å²) in [4.78, 5) is 27.3. The Labute approximate surface area is 183 Å². The first-order valence-corrected chi connectivity index (χ1v) is 11.1. The van der Waals surface area contributed by atoms with Crippen LogP contribution in [0.25, 0.3) is 0 Å². The number of hydrogen-bond acceptors (Lipinski definition) is 3. The fraction of sp³-hybridized carbons (Fsp3) is 0.440. The summed E-state index contributed by atoms with van der Waals surface area (Å²) in [6, 6.07) is 16.4. The molecule has 0 aromatic heterocycles. The van der Waals surface area contributed by atoms with E-state index in [0.29, 0.717) is 31.7 Å². The van der Waals surface area contributed by atoms with Crippen LogP contribution in [0.4, 0.5) is 4.39 Å². The molecule has 2 fully saturated rings. The highest BCUT2D eigenvalue weighted by Crippen LogP contribution is 2.40. The quantitative estimate of drug-likeness (QED) is 0.719. The number of carbonyl (C=O) groups is 2. The van der Waals surface area contributed by atoms with Crippen molar-refractivity contribution in [3.05, 3.63) is 71.5 Å². The van der Waals surface area contributed by atoms with Crippen molar-refractivity contribution < 1.29 is 14.0 Å². The van der Waals surface area contributed by atoms with Crippen LogP contribution in [0.1, 0.15) is 43.2 Å². The molecule has 5 nitrogen and oxygen atoms in total. The van der Waals surface area contributed by atoms with Gasteiger partial charge in [0.2, 0.25) is 11.8 Å². The zero-order valence-corrected chi connectivity index (χ0v) is 17.8. The molecule has 6 heteroatoms. The molecule has 0 bridgehead atoms. The van der Waals surface area contributed by atoms with Gasteiger partial charge in [-0.3, -0.25) is 14.5 Å². The van der Waals surface area contributed by atoms with Crippen molar-refractivity contribution in [2.24, 2.45) is 0 Å². The molecule has 2 aliphatic rings. The van der Waals surface area contributed by atoms with Crippen LogP contribution in [-0.4, -0.2) is 42.4 Å². The van der Waals surface area contributed by atoms with E-state index in [1.54, 1.807) is 18.2 Å². The number of piperazine rings is 1. The largest absolute Gasteiger partial charge is 0.355 e. The Morgan fingerprint density at radius 1 is 1.10 bits per heavy atom. The summed E-state index contributed by atoms with van der Waals surface area (Å²) in [6.07, 6.45) is 4.50. The van der Waals surface area contributed by atoms with Crippen molar-refractivity contribution in [3.8, 4) is 0 Å². The van der Waals surface area contributed by atoms with Crippen molar-refractivity contribution in [1.82, 2.24) is 15.5 Å². The third-order valence-corrected chi connectivity index (χ3v) is 6.72. The number of nitrogens with zero attached hydrogens (tertiary/aromatic N) is 1. The molecule has 1 saturated heterocycles. The minimum atomic E-state index is -0.593. The maximum atomic E-state index is 14.1. The lowest BCUT2D eigenvalue weighted by molar-refractivity contribution is -0.134. The van der Waals surface area contributed by atoms with Crippen LogP contribution in [0.15, 0.2) is 54.6 Å². The average Bonchev–Trinajstić information content (AvgIpc) is 3.27. The Morgan fingerprint density at radius 2 is 1.81 bits per heavy atom. The Balaban J connectivity index is 1.41. The van der Waals surface area contributed by atoms with Gasteiger partial charge >= 0.3 is 0 Å². The van der Waals surface area contributed by atoms with Crippen molar-refractivity contribution >= 4 is 11.8 Å². The summed E-state index contributed by atoms with van der Waals surface area (Å²) in [5.74, 6) is -0.595. The van der Waals surface area contributed by atoms with E-state index in [1.165, 1.54) is 11.6 Å². The third kappa shape index (κ3) is 4.96. The number of halogens is 1. The van der Waals surface area contributed by atoms with Crippen LogP contribution in [-0.2, 0) is 21.5 Å². The van der Waals surface area contributed by atoms with Crippen molar-refractivity contribution in [2.45, 2.75) is 50.1 Å². The van der Waals surface area contributed by atoms with Gasteiger partial charge < -0.3 is 10.6 Å². The highest BCUT2D eigenvalue weighted by Gasteiger charge is 2.37. The van der Waals surface area contributed by atoms with E-state index in [1.807, 2.05) is 23.1 Å². The van der Waals surface area contributed by atoms with E-state index < -0.39 is 6.04 Å². The fourth-order valence-corrected chi connectivity index (χ4v) is 4.95. The third-order valence-electron chi connectivity index (χ3n) is 6.72. The first-order valence-electron chi connectivity index (χ1n) is 11.1. The number of hydrogen-bond donors (Lipinski definition) is 2. The van der Waals surface area contributed by atoms with E-state index in [-0.39, 0.29) is 29.5 Å². The lowest BCUT2D eigenvalue weighted by Crippen LogP contribution is -2.56. The van der Waals surface area contributed by atoms with Gasteiger partial charge in [0.05, 0.1) is 12.5 Å². The first kappa shape index (κ1) is 21.5. The molecular weight excluding hydrogens is 393 g/mol. The molecular formula is C25H30FN3O2. The van der Waals surface area contributed by atoms with Gasteiger partial charge in [0, 0.05) is 37.2 Å². The molecule has 2 amide bonds. The summed E-state index contributed by atoms with van der Waals surface area (Å²) >= 11 is 0. The zero-order chi connectivity index (χ0) is 21.7. The number of rotatable bonds is 7. The Bertz CT molecular complexity index is 912. The first-order chi connectivity index (χ1) is 15.1. The number of amides is 2. The minimum Gasteiger partial charge on any atom is -0.355 e. The molecule has 1 atom stereocenters. The van der Waals surface area contributed by atoms with Gasteiger partial charge in [0.15, 0.2) is 0 Å². The lowest BCUT2D eigenvalue weighted by atomic mass is 9.79. The van der Waals surface area contributed by atoms with E-state index in [9.17, 15) is 14.0 Å². The Morgan fingerprint density at radius 3 is 2.55 bits per heavy atom. The molecule has 1 aliphatic heterocycles. The van der Waals surface area contributed by atoms with E-state index in [4.69, 9.17) is 0 Å². The Kier molecular flexibility index (Phi) is 6.66. The van der Waals surface area contributed by atoms with Gasteiger partial charge in [0.25, 0.3) is 0 Å². The molecule has 2 N–H and O–H groups in total. The predicted octanol–water partition coefficient (Wildman–Crippen LogP) is 3.14. The Hall–Kier alpha value is -2.73. The summed E-state index contributed by atoms with van der Waals surface area (Å²) in [6.45, 7) is 1.98. The van der Waals surface area contributed by atoms with Gasteiger partial charge in [0.1, 0.15) is 5.82 Å². The monoisotopic (exact) mass is 423 g/mol. The van der Waals surface area contributed by atoms with E-state index in [0.717, 1.165) is 25.7 Å². The fourth-order valence-electron chi connectivity index (χ4n) is 4.95. The molecule has 4 rings (SSSR count). The maximum absolute atomic E-state index is 14.1. The summed E-state index contributed by atoms with van der Waals surface area (Å²) in [7, 11) is 0. The molecule has 1 heterocycles. The zero-order valence-electron chi connectivity index (χ0n) is 17.8. The number of benzene rings is 2. The molecule has 1 aliphatic carbocycles. The number of carbonyl (C=O) groups excluding carboxylic acids is 2. The van der Waals surface area contributed by atoms with Crippen LogP contribution in [0.5, 0.6) is 0 Å². The van der Waals surface area contributed by atoms with Gasteiger partial charge in [-0.25, -0.2) is 4.39 Å². The van der Waals surface area contributed by atoms with Gasteiger partial charge in [-0.1, -0.05) is 61.4 Å². The lowest BCUT2D eigenvalue weighted by Gasteiger charge is -2.35. The molecule has 2 aromatic rings. The molecule has 164 valence electrons. The average molecular weight is 424 g/mol. The van der Waals surface area contributed by atoms with Crippen molar-refractivity contribution in [2.75, 3.05) is 19.6 Å². The second-order valence-corrected chi connectivity index (χ2v) is 8.70. The molecule has 2 aromatic carbocycles. The van der Waals surface area contributed by atoms with Crippen LogP contribution in [0.2, 0.25) is 0 Å². The molecule has 31 heavy (non-hydrogen) atoms. The van der Waals surface area contributed by atoms with Crippen LogP contribution in [0, 0.1) is 5.82 Å².